The number of hydrogen-bond acceptors (Lipinski definition) is 6. The van der Waals surface area contributed by atoms with Crippen molar-refractivity contribution in [2.24, 2.45) is 0 Å². The zero-order valence-electron chi connectivity index (χ0n) is 22.6. The molecule has 204 valence electrons. The first-order valence-corrected chi connectivity index (χ1v) is 14.7. The van der Waals surface area contributed by atoms with E-state index < -0.39 is 0 Å². The Morgan fingerprint density at radius 2 is 1.52 bits per heavy atom. The van der Waals surface area contributed by atoms with Gasteiger partial charge in [-0.05, 0) is 70.8 Å². The van der Waals surface area contributed by atoms with Crippen LogP contribution in [0.15, 0.2) is 132 Å². The van der Waals surface area contributed by atoms with E-state index in [0.717, 1.165) is 50.6 Å². The van der Waals surface area contributed by atoms with Gasteiger partial charge in [-0.1, -0.05) is 78.0 Å². The van der Waals surface area contributed by atoms with Crippen LogP contribution in [-0.4, -0.2) is 9.97 Å². The van der Waals surface area contributed by atoms with Crippen molar-refractivity contribution in [3.8, 4) is 17.2 Å². The molecule has 0 spiro atoms. The highest BCUT2D eigenvalue weighted by Crippen LogP contribution is 2.37. The summed E-state index contributed by atoms with van der Waals surface area (Å²) in [4.78, 5) is 10.7. The molecule has 0 aliphatic carbocycles. The van der Waals surface area contributed by atoms with Crippen molar-refractivity contribution in [3.63, 3.8) is 0 Å². The van der Waals surface area contributed by atoms with Gasteiger partial charge < -0.3 is 10.6 Å². The molecule has 0 amide bonds. The normalized spacial score (nSPS) is 10.9. The van der Waals surface area contributed by atoms with E-state index in [9.17, 15) is 5.26 Å². The summed E-state index contributed by atoms with van der Waals surface area (Å²) >= 11 is 8.26. The number of fused-ring (bicyclic) bond motifs is 1. The predicted octanol–water partition coefficient (Wildman–Crippen LogP) is 9.01. The Kier molecular flexibility index (Phi) is 8.43. The lowest BCUT2D eigenvalue weighted by Crippen LogP contribution is -2.12. The largest absolute Gasteiger partial charge is 0.354 e. The van der Waals surface area contributed by atoms with Gasteiger partial charge in [0.2, 0.25) is 0 Å². The number of hydrogen-bond donors (Lipinski definition) is 2. The lowest BCUT2D eigenvalue weighted by Gasteiger charge is -2.14. The van der Waals surface area contributed by atoms with Gasteiger partial charge in [-0.2, -0.15) is 5.26 Å². The Labute approximate surface area is 254 Å². The van der Waals surface area contributed by atoms with Crippen LogP contribution in [0.25, 0.3) is 22.0 Å². The van der Waals surface area contributed by atoms with Crippen LogP contribution in [0.4, 0.5) is 11.4 Å². The molecule has 4 aromatic carbocycles. The average Bonchev–Trinajstić information content (AvgIpc) is 3.03. The second-order valence-electron chi connectivity index (χ2n) is 9.73. The Morgan fingerprint density at radius 1 is 0.786 bits per heavy atom. The first kappa shape index (κ1) is 27.5. The van der Waals surface area contributed by atoms with Gasteiger partial charge in [0.25, 0.3) is 0 Å². The van der Waals surface area contributed by atoms with Crippen LogP contribution in [0.3, 0.4) is 0 Å². The maximum Gasteiger partial charge on any atom is 0.103 e. The molecule has 0 atom stereocenters. The fraction of sp³-hybridized carbons (Fsp3) is 0.0571. The summed E-state index contributed by atoms with van der Waals surface area (Å²) in [7, 11) is 0. The molecule has 2 heterocycles. The van der Waals surface area contributed by atoms with Gasteiger partial charge in [-0.25, -0.2) is 0 Å². The standard InChI is InChI=1S/C35H26ClN5S/c36-32-19-29(11-13-34(32)42-30-4-2-1-3-5-30)41-35-28(20-37)23-40-33-18-27(10-12-31(33)35)26-8-6-24(7-9-26)21-39-22-25-14-16-38-17-15-25/h1-19,23,39H,21-22H2,(H,40,41). The number of benzene rings is 4. The van der Waals surface area contributed by atoms with Crippen molar-refractivity contribution in [1.82, 2.24) is 15.3 Å². The topological polar surface area (TPSA) is 73.6 Å². The second kappa shape index (κ2) is 12.9. The number of anilines is 2. The zero-order chi connectivity index (χ0) is 28.7. The zero-order valence-corrected chi connectivity index (χ0v) is 24.2. The summed E-state index contributed by atoms with van der Waals surface area (Å²) in [6.45, 7) is 1.58. The van der Waals surface area contributed by atoms with E-state index >= 15 is 0 Å². The molecule has 0 radical (unpaired) electrons. The number of nitrogens with one attached hydrogen (secondary N) is 2. The Hall–Kier alpha value is -4.67. The monoisotopic (exact) mass is 583 g/mol. The maximum absolute atomic E-state index is 9.84. The number of rotatable bonds is 9. The molecule has 0 saturated heterocycles. The van der Waals surface area contributed by atoms with E-state index in [2.05, 4.69) is 75.2 Å². The number of nitrogens with zero attached hydrogens (tertiary/aromatic N) is 3. The summed E-state index contributed by atoms with van der Waals surface area (Å²) < 4.78 is 0. The molecule has 0 aliphatic rings. The first-order valence-electron chi connectivity index (χ1n) is 13.5. The number of nitriles is 1. The molecule has 2 N–H and O–H groups in total. The lowest BCUT2D eigenvalue weighted by atomic mass is 10.0. The van der Waals surface area contributed by atoms with Crippen LogP contribution in [0.2, 0.25) is 5.02 Å². The van der Waals surface area contributed by atoms with Crippen LogP contribution in [0.1, 0.15) is 16.7 Å². The third-order valence-corrected chi connectivity index (χ3v) is 8.37. The minimum Gasteiger partial charge on any atom is -0.354 e. The molecule has 0 aliphatic heterocycles. The van der Waals surface area contributed by atoms with E-state index in [1.54, 1.807) is 18.0 Å². The molecular formula is C35H26ClN5S. The molecule has 42 heavy (non-hydrogen) atoms. The Bertz CT molecular complexity index is 1870. The Morgan fingerprint density at radius 3 is 2.26 bits per heavy atom. The fourth-order valence-corrected chi connectivity index (χ4v) is 5.82. The smallest absolute Gasteiger partial charge is 0.103 e. The minimum absolute atomic E-state index is 0.470. The molecular weight excluding hydrogens is 558 g/mol. The molecule has 5 nitrogen and oxygen atoms in total. The molecule has 0 saturated carbocycles. The van der Waals surface area contributed by atoms with Gasteiger partial charge in [0.15, 0.2) is 0 Å². The van der Waals surface area contributed by atoms with E-state index in [1.165, 1.54) is 11.1 Å². The maximum atomic E-state index is 9.84. The SMILES string of the molecule is N#Cc1cnc2cc(-c3ccc(CNCc4ccncc4)cc3)ccc2c1Nc1ccc(Sc2ccccc2)c(Cl)c1. The van der Waals surface area contributed by atoms with Gasteiger partial charge in [-0.15, -0.1) is 0 Å². The number of aromatic nitrogens is 2. The van der Waals surface area contributed by atoms with Gasteiger partial charge in [0.05, 0.1) is 21.8 Å². The van der Waals surface area contributed by atoms with E-state index in [0.29, 0.717) is 16.3 Å². The van der Waals surface area contributed by atoms with Crippen LogP contribution < -0.4 is 10.6 Å². The number of pyridine rings is 2. The quantitative estimate of drug-likeness (QED) is 0.177. The van der Waals surface area contributed by atoms with E-state index in [1.807, 2.05) is 67.0 Å². The molecule has 0 unspecified atom stereocenters. The van der Waals surface area contributed by atoms with E-state index in [-0.39, 0.29) is 0 Å². The summed E-state index contributed by atoms with van der Waals surface area (Å²) in [5.74, 6) is 0. The summed E-state index contributed by atoms with van der Waals surface area (Å²) in [5.41, 5.74) is 7.38. The summed E-state index contributed by atoms with van der Waals surface area (Å²) in [6.07, 6.45) is 5.24. The third kappa shape index (κ3) is 6.45. The third-order valence-electron chi connectivity index (χ3n) is 6.86. The highest BCUT2D eigenvalue weighted by Gasteiger charge is 2.12. The predicted molar refractivity (Wildman–Crippen MR) is 172 cm³/mol. The van der Waals surface area contributed by atoms with Crippen LogP contribution in [0.5, 0.6) is 0 Å². The van der Waals surface area contributed by atoms with E-state index in [4.69, 9.17) is 11.6 Å². The van der Waals surface area contributed by atoms with Gasteiger partial charge in [0.1, 0.15) is 6.07 Å². The molecule has 0 fully saturated rings. The van der Waals surface area contributed by atoms with Crippen LogP contribution in [0, 0.1) is 11.3 Å². The highest BCUT2D eigenvalue weighted by atomic mass is 35.5. The van der Waals surface area contributed by atoms with Crippen LogP contribution in [-0.2, 0) is 13.1 Å². The van der Waals surface area contributed by atoms with Crippen molar-refractivity contribution in [1.29, 1.82) is 5.26 Å². The van der Waals surface area contributed by atoms with Gasteiger partial charge in [-0.3, -0.25) is 9.97 Å². The van der Waals surface area contributed by atoms with Crippen molar-refractivity contribution in [3.05, 3.63) is 143 Å². The second-order valence-corrected chi connectivity index (χ2v) is 11.3. The number of halogens is 1. The molecule has 0 bridgehead atoms. The van der Waals surface area contributed by atoms with Crippen molar-refractivity contribution in [2.75, 3.05) is 5.32 Å². The summed E-state index contributed by atoms with van der Waals surface area (Å²) in [5, 5.41) is 18.3. The summed E-state index contributed by atoms with van der Waals surface area (Å²) in [6, 6.07) is 37.0. The highest BCUT2D eigenvalue weighted by molar-refractivity contribution is 7.99. The van der Waals surface area contributed by atoms with Crippen LogP contribution >= 0.6 is 23.4 Å². The van der Waals surface area contributed by atoms with Crippen molar-refractivity contribution >= 4 is 45.6 Å². The fourth-order valence-electron chi connectivity index (χ4n) is 4.68. The Balaban J connectivity index is 1.19. The molecule has 6 rings (SSSR count). The van der Waals surface area contributed by atoms with Crippen molar-refractivity contribution in [2.45, 2.75) is 22.9 Å². The average molecular weight is 584 g/mol. The minimum atomic E-state index is 0.470. The van der Waals surface area contributed by atoms with Gasteiger partial charge >= 0.3 is 0 Å². The molecule has 6 aromatic rings. The lowest BCUT2D eigenvalue weighted by molar-refractivity contribution is 0.693. The van der Waals surface area contributed by atoms with Gasteiger partial charge in [0, 0.05) is 52.5 Å². The molecule has 2 aromatic heterocycles. The van der Waals surface area contributed by atoms with Crippen molar-refractivity contribution < 1.29 is 0 Å². The first-order chi connectivity index (χ1) is 20.7. The molecule has 7 heteroatoms.